The van der Waals surface area contributed by atoms with E-state index in [2.05, 4.69) is 0 Å². The third-order valence-corrected chi connectivity index (χ3v) is 3.85. The Morgan fingerprint density at radius 2 is 1.70 bits per heavy atom. The molecular weight excluding hydrogens is 286 g/mol. The van der Waals surface area contributed by atoms with Crippen LogP contribution < -0.4 is 0 Å². The molecule has 0 aliphatic heterocycles. The van der Waals surface area contributed by atoms with Crippen molar-refractivity contribution in [3.8, 4) is 0 Å². The average Bonchev–Trinajstić information content (AvgIpc) is 2.33. The first kappa shape index (κ1) is 16.1. The highest BCUT2D eigenvalue weighted by molar-refractivity contribution is 7.88. The molecule has 1 aromatic carbocycles. The van der Waals surface area contributed by atoms with Crippen LogP contribution >= 0.6 is 0 Å². The van der Waals surface area contributed by atoms with Gasteiger partial charge in [0.15, 0.2) is 0 Å². The Labute approximate surface area is 116 Å². The van der Waals surface area contributed by atoms with E-state index in [1.165, 1.54) is 24.3 Å². The lowest BCUT2D eigenvalue weighted by Gasteiger charge is -2.19. The molecule has 1 aromatic rings. The molecule has 0 atom stereocenters. The van der Waals surface area contributed by atoms with Gasteiger partial charge in [-0.1, -0.05) is 12.1 Å². The SMILES string of the molecule is CS(=O)(=O)N(CCC(=O)O)Cc1ccc(C(=O)O)cc1. The fourth-order valence-corrected chi connectivity index (χ4v) is 2.35. The molecule has 7 nitrogen and oxygen atoms in total. The van der Waals surface area contributed by atoms with Gasteiger partial charge in [0.25, 0.3) is 0 Å². The molecule has 0 spiro atoms. The van der Waals surface area contributed by atoms with Crippen molar-refractivity contribution in [2.45, 2.75) is 13.0 Å². The lowest BCUT2D eigenvalue weighted by Crippen LogP contribution is -2.31. The minimum Gasteiger partial charge on any atom is -0.481 e. The van der Waals surface area contributed by atoms with E-state index in [0.29, 0.717) is 5.56 Å². The van der Waals surface area contributed by atoms with Crippen LogP contribution in [-0.2, 0) is 21.4 Å². The van der Waals surface area contributed by atoms with Crippen LogP contribution in [0.2, 0.25) is 0 Å². The summed E-state index contributed by atoms with van der Waals surface area (Å²) < 4.78 is 24.2. The molecule has 0 radical (unpaired) electrons. The van der Waals surface area contributed by atoms with Crippen molar-refractivity contribution in [1.29, 1.82) is 0 Å². The van der Waals surface area contributed by atoms with E-state index in [0.717, 1.165) is 10.6 Å². The van der Waals surface area contributed by atoms with Crippen LogP contribution in [0.1, 0.15) is 22.3 Å². The number of aliphatic carboxylic acids is 1. The van der Waals surface area contributed by atoms with Gasteiger partial charge in [-0.05, 0) is 17.7 Å². The van der Waals surface area contributed by atoms with Crippen LogP contribution in [0.5, 0.6) is 0 Å². The zero-order valence-corrected chi connectivity index (χ0v) is 11.6. The molecule has 110 valence electrons. The maximum atomic E-state index is 11.6. The maximum Gasteiger partial charge on any atom is 0.335 e. The summed E-state index contributed by atoms with van der Waals surface area (Å²) in [6.07, 6.45) is 0.709. The number of carbonyl (C=O) groups is 2. The summed E-state index contributed by atoms with van der Waals surface area (Å²) in [6.45, 7) is -0.124. The smallest absolute Gasteiger partial charge is 0.335 e. The van der Waals surface area contributed by atoms with Crippen LogP contribution in [0.15, 0.2) is 24.3 Å². The van der Waals surface area contributed by atoms with E-state index in [1.807, 2.05) is 0 Å². The summed E-state index contributed by atoms with van der Waals surface area (Å²) in [6, 6.07) is 5.75. The molecule has 0 bridgehead atoms. The fraction of sp³-hybridized carbons (Fsp3) is 0.333. The quantitative estimate of drug-likeness (QED) is 0.763. The van der Waals surface area contributed by atoms with E-state index < -0.39 is 22.0 Å². The first-order valence-corrected chi connectivity index (χ1v) is 7.54. The predicted molar refractivity (Wildman–Crippen MR) is 70.9 cm³/mol. The molecule has 0 saturated carbocycles. The maximum absolute atomic E-state index is 11.6. The van der Waals surface area contributed by atoms with Gasteiger partial charge in [0.2, 0.25) is 10.0 Å². The van der Waals surface area contributed by atoms with Crippen molar-refractivity contribution in [3.63, 3.8) is 0 Å². The number of rotatable bonds is 7. The summed E-state index contributed by atoms with van der Waals surface area (Å²) in [5, 5.41) is 17.4. The summed E-state index contributed by atoms with van der Waals surface area (Å²) in [4.78, 5) is 21.2. The lowest BCUT2D eigenvalue weighted by atomic mass is 10.1. The lowest BCUT2D eigenvalue weighted by molar-refractivity contribution is -0.137. The van der Waals surface area contributed by atoms with Crippen molar-refractivity contribution in [3.05, 3.63) is 35.4 Å². The number of hydrogen-bond donors (Lipinski definition) is 2. The summed E-state index contributed by atoms with van der Waals surface area (Å²) in [7, 11) is -3.53. The first-order chi connectivity index (χ1) is 9.20. The Kier molecular flexibility index (Phi) is 5.23. The normalized spacial score (nSPS) is 11.5. The zero-order chi connectivity index (χ0) is 15.3. The minimum absolute atomic E-state index is 0.00596. The molecule has 0 aliphatic rings. The number of benzene rings is 1. The number of carboxylic acid groups (broad SMARTS) is 2. The molecule has 0 aliphatic carbocycles. The van der Waals surface area contributed by atoms with E-state index in [-0.39, 0.29) is 25.1 Å². The second-order valence-electron chi connectivity index (χ2n) is 4.24. The van der Waals surface area contributed by atoms with Crippen LogP contribution in [-0.4, -0.2) is 47.7 Å². The Bertz CT molecular complexity index is 593. The Morgan fingerprint density at radius 3 is 2.10 bits per heavy atom. The Morgan fingerprint density at radius 1 is 1.15 bits per heavy atom. The highest BCUT2D eigenvalue weighted by Gasteiger charge is 2.18. The summed E-state index contributed by atoms with van der Waals surface area (Å²) in [5.41, 5.74) is 0.691. The topological polar surface area (TPSA) is 112 Å². The number of hydrogen-bond acceptors (Lipinski definition) is 4. The highest BCUT2D eigenvalue weighted by atomic mass is 32.2. The summed E-state index contributed by atoms with van der Waals surface area (Å²) >= 11 is 0. The molecule has 0 aromatic heterocycles. The zero-order valence-electron chi connectivity index (χ0n) is 10.8. The second kappa shape index (κ2) is 6.49. The van der Waals surface area contributed by atoms with Gasteiger partial charge >= 0.3 is 11.9 Å². The molecular formula is C12H15NO6S. The van der Waals surface area contributed by atoms with Gasteiger partial charge in [0.05, 0.1) is 18.2 Å². The third-order valence-electron chi connectivity index (χ3n) is 2.60. The molecule has 0 fully saturated rings. The van der Waals surface area contributed by atoms with Gasteiger partial charge in [-0.3, -0.25) is 4.79 Å². The van der Waals surface area contributed by atoms with Gasteiger partial charge in [0.1, 0.15) is 0 Å². The van der Waals surface area contributed by atoms with Crippen molar-refractivity contribution >= 4 is 22.0 Å². The van der Waals surface area contributed by atoms with Crippen molar-refractivity contribution in [1.82, 2.24) is 4.31 Å². The van der Waals surface area contributed by atoms with Crippen LogP contribution in [0.25, 0.3) is 0 Å². The number of nitrogens with zero attached hydrogens (tertiary/aromatic N) is 1. The Balaban J connectivity index is 2.84. The van der Waals surface area contributed by atoms with E-state index >= 15 is 0 Å². The van der Waals surface area contributed by atoms with Gasteiger partial charge in [-0.15, -0.1) is 0 Å². The van der Waals surface area contributed by atoms with Gasteiger partial charge in [-0.2, -0.15) is 4.31 Å². The molecule has 20 heavy (non-hydrogen) atoms. The molecule has 0 heterocycles. The monoisotopic (exact) mass is 301 g/mol. The minimum atomic E-state index is -3.53. The standard InChI is InChI=1S/C12H15NO6S/c1-20(18,19)13(7-6-11(14)15)8-9-2-4-10(5-3-9)12(16)17/h2-5H,6-8H2,1H3,(H,14,15)(H,16,17). The van der Waals surface area contributed by atoms with E-state index in [1.54, 1.807) is 0 Å². The average molecular weight is 301 g/mol. The largest absolute Gasteiger partial charge is 0.481 e. The molecule has 2 N–H and O–H groups in total. The number of carboxylic acids is 2. The van der Waals surface area contributed by atoms with E-state index in [9.17, 15) is 18.0 Å². The third kappa shape index (κ3) is 4.98. The van der Waals surface area contributed by atoms with Crippen molar-refractivity contribution in [2.75, 3.05) is 12.8 Å². The number of aromatic carboxylic acids is 1. The molecule has 0 unspecified atom stereocenters. The fourth-order valence-electron chi connectivity index (χ4n) is 1.54. The molecule has 0 saturated heterocycles. The van der Waals surface area contributed by atoms with Gasteiger partial charge in [-0.25, -0.2) is 13.2 Å². The highest BCUT2D eigenvalue weighted by Crippen LogP contribution is 2.11. The van der Waals surface area contributed by atoms with Crippen LogP contribution in [0.3, 0.4) is 0 Å². The second-order valence-corrected chi connectivity index (χ2v) is 6.22. The van der Waals surface area contributed by atoms with Crippen LogP contribution in [0, 0.1) is 0 Å². The van der Waals surface area contributed by atoms with Crippen molar-refractivity contribution in [2.24, 2.45) is 0 Å². The first-order valence-electron chi connectivity index (χ1n) is 5.69. The number of sulfonamides is 1. The molecule has 0 amide bonds. The Hall–Kier alpha value is -1.93. The summed E-state index contributed by atoms with van der Waals surface area (Å²) in [5.74, 6) is -2.15. The molecule has 1 rings (SSSR count). The van der Waals surface area contributed by atoms with E-state index in [4.69, 9.17) is 10.2 Å². The molecule has 8 heteroatoms. The predicted octanol–water partition coefficient (Wildman–Crippen LogP) is 0.621. The van der Waals surface area contributed by atoms with Crippen molar-refractivity contribution < 1.29 is 28.2 Å². The van der Waals surface area contributed by atoms with Gasteiger partial charge < -0.3 is 10.2 Å². The van der Waals surface area contributed by atoms with Gasteiger partial charge in [0, 0.05) is 13.1 Å². The van der Waals surface area contributed by atoms with Crippen LogP contribution in [0.4, 0.5) is 0 Å².